The Hall–Kier alpha value is -0.440. The molecule has 0 unspecified atom stereocenters. The van der Waals surface area contributed by atoms with Gasteiger partial charge in [0.25, 0.3) is 0 Å². The van der Waals surface area contributed by atoms with Crippen molar-refractivity contribution in [3.8, 4) is 0 Å². The Balaban J connectivity index is 0.00000144. The summed E-state index contributed by atoms with van der Waals surface area (Å²) in [7, 11) is 0. The summed E-state index contributed by atoms with van der Waals surface area (Å²) in [5.74, 6) is 1.24. The van der Waals surface area contributed by atoms with Crippen molar-refractivity contribution in [1.29, 1.82) is 0 Å². The molecule has 1 aromatic heterocycles. The lowest BCUT2D eigenvalue weighted by atomic mass is 10.1. The molecule has 2 aliphatic heterocycles. The number of halogens is 2. The van der Waals surface area contributed by atoms with Crippen LogP contribution in [0.5, 0.6) is 0 Å². The van der Waals surface area contributed by atoms with Gasteiger partial charge in [0.1, 0.15) is 0 Å². The summed E-state index contributed by atoms with van der Waals surface area (Å²) in [6, 6.07) is 0. The zero-order chi connectivity index (χ0) is 15.2. The average Bonchev–Trinajstić information content (AvgIpc) is 3.20. The third-order valence-corrected chi connectivity index (χ3v) is 4.54. The molecule has 0 atom stereocenters. The van der Waals surface area contributed by atoms with Gasteiger partial charge in [-0.2, -0.15) is 4.98 Å². The maximum absolute atomic E-state index is 6.03. The van der Waals surface area contributed by atoms with E-state index in [4.69, 9.17) is 15.0 Å². The third kappa shape index (κ3) is 6.46. The first-order chi connectivity index (χ1) is 10.8. The largest absolute Gasteiger partial charge is 0.377 e. The number of piperidine rings is 1. The molecule has 140 valence electrons. The van der Waals surface area contributed by atoms with E-state index in [0.29, 0.717) is 18.5 Å². The van der Waals surface area contributed by atoms with E-state index in [1.807, 2.05) is 0 Å². The van der Waals surface area contributed by atoms with Crippen LogP contribution in [0.1, 0.15) is 37.4 Å². The summed E-state index contributed by atoms with van der Waals surface area (Å²) in [4.78, 5) is 9.11. The predicted molar refractivity (Wildman–Crippen MR) is 96.6 cm³/mol. The first kappa shape index (κ1) is 21.6. The molecule has 0 aliphatic carbocycles. The van der Waals surface area contributed by atoms with E-state index in [2.05, 4.69) is 19.9 Å². The minimum absolute atomic E-state index is 0. The maximum Gasteiger partial charge on any atom is 0.240 e. The Labute approximate surface area is 156 Å². The van der Waals surface area contributed by atoms with E-state index in [0.717, 1.165) is 51.5 Å². The summed E-state index contributed by atoms with van der Waals surface area (Å²) < 4.78 is 11.1. The van der Waals surface area contributed by atoms with E-state index >= 15 is 0 Å². The van der Waals surface area contributed by atoms with Crippen molar-refractivity contribution in [3.63, 3.8) is 0 Å². The van der Waals surface area contributed by atoms with Crippen molar-refractivity contribution < 1.29 is 9.26 Å². The van der Waals surface area contributed by atoms with Gasteiger partial charge in [-0.25, -0.2) is 0 Å². The van der Waals surface area contributed by atoms with Gasteiger partial charge in [-0.15, -0.1) is 24.8 Å². The van der Waals surface area contributed by atoms with E-state index < -0.39 is 0 Å². The number of rotatable bonds is 7. The van der Waals surface area contributed by atoms with Crippen molar-refractivity contribution >= 4 is 24.8 Å². The van der Waals surface area contributed by atoms with E-state index in [-0.39, 0.29) is 24.8 Å². The van der Waals surface area contributed by atoms with Crippen LogP contribution in [0, 0.1) is 0 Å². The van der Waals surface area contributed by atoms with Crippen LogP contribution in [0.2, 0.25) is 0 Å². The molecule has 9 heteroatoms. The fourth-order valence-electron chi connectivity index (χ4n) is 3.23. The van der Waals surface area contributed by atoms with E-state index in [1.165, 1.54) is 25.9 Å². The van der Waals surface area contributed by atoms with Gasteiger partial charge in [0.2, 0.25) is 5.89 Å². The first-order valence-corrected chi connectivity index (χ1v) is 8.41. The zero-order valence-electron chi connectivity index (χ0n) is 14.1. The topological polar surface area (TPSA) is 80.6 Å². The number of nitrogens with two attached hydrogens (primary N) is 1. The van der Waals surface area contributed by atoms with Gasteiger partial charge in [0.15, 0.2) is 5.82 Å². The molecule has 0 amide bonds. The van der Waals surface area contributed by atoms with Crippen molar-refractivity contribution in [3.05, 3.63) is 11.7 Å². The normalized spacial score (nSPS) is 19.9. The van der Waals surface area contributed by atoms with Crippen molar-refractivity contribution in [1.82, 2.24) is 19.9 Å². The number of aromatic nitrogens is 2. The number of hydrogen-bond donors (Lipinski definition) is 1. The Morgan fingerprint density at radius 3 is 2.42 bits per heavy atom. The lowest BCUT2D eigenvalue weighted by molar-refractivity contribution is -0.00167. The monoisotopic (exact) mass is 381 g/mol. The number of ether oxygens (including phenoxy) is 1. The quantitative estimate of drug-likeness (QED) is 0.765. The first-order valence-electron chi connectivity index (χ1n) is 8.41. The molecule has 3 heterocycles. The summed E-state index contributed by atoms with van der Waals surface area (Å²) >= 11 is 0. The molecule has 0 radical (unpaired) electrons. The zero-order valence-corrected chi connectivity index (χ0v) is 15.7. The Kier molecular flexibility index (Phi) is 10.1. The number of hydrogen-bond acceptors (Lipinski definition) is 7. The highest BCUT2D eigenvalue weighted by Gasteiger charge is 2.21. The fourth-order valence-corrected chi connectivity index (χ4v) is 3.23. The van der Waals surface area contributed by atoms with Crippen LogP contribution in [0.25, 0.3) is 0 Å². The molecular weight excluding hydrogens is 353 g/mol. The molecule has 2 fully saturated rings. The average molecular weight is 382 g/mol. The lowest BCUT2D eigenvalue weighted by Crippen LogP contribution is -2.37. The van der Waals surface area contributed by atoms with Crippen LogP contribution in [-0.4, -0.2) is 65.4 Å². The molecule has 2 aliphatic rings. The molecule has 2 N–H and O–H groups in total. The fraction of sp³-hybridized carbons (Fsp3) is 0.867. The summed E-state index contributed by atoms with van der Waals surface area (Å²) in [5, 5.41) is 3.95. The van der Waals surface area contributed by atoms with Crippen LogP contribution in [0.3, 0.4) is 0 Å². The standard InChI is InChI=1S/C15H27N5O2.2ClH/c16-11-15-17-14(18-22-15)12-20-7-3-13(4-8-20)21-10-9-19-5-1-2-6-19;;/h13H,1-12,16H2;2*1H. The molecule has 1 aromatic rings. The second-order valence-electron chi connectivity index (χ2n) is 6.20. The molecule has 0 spiro atoms. The molecule has 7 nitrogen and oxygen atoms in total. The highest BCUT2D eigenvalue weighted by atomic mass is 35.5. The van der Waals surface area contributed by atoms with Gasteiger partial charge >= 0.3 is 0 Å². The van der Waals surface area contributed by atoms with Crippen LogP contribution in [0.15, 0.2) is 4.52 Å². The van der Waals surface area contributed by atoms with Gasteiger partial charge in [0.05, 0.1) is 25.8 Å². The van der Waals surface area contributed by atoms with Gasteiger partial charge in [-0.3, -0.25) is 4.90 Å². The van der Waals surface area contributed by atoms with Crippen molar-refractivity contribution in [2.24, 2.45) is 5.73 Å². The Morgan fingerprint density at radius 1 is 1.08 bits per heavy atom. The molecule has 24 heavy (non-hydrogen) atoms. The second kappa shape index (κ2) is 11.2. The molecule has 3 rings (SSSR count). The summed E-state index contributed by atoms with van der Waals surface area (Å²) in [6.07, 6.45) is 5.27. The summed E-state index contributed by atoms with van der Waals surface area (Å²) in [6.45, 7) is 7.56. The van der Waals surface area contributed by atoms with Gasteiger partial charge in [0, 0.05) is 19.6 Å². The molecule has 0 aromatic carbocycles. The smallest absolute Gasteiger partial charge is 0.240 e. The minimum Gasteiger partial charge on any atom is -0.377 e. The van der Waals surface area contributed by atoms with Crippen LogP contribution < -0.4 is 5.73 Å². The van der Waals surface area contributed by atoms with E-state index in [1.54, 1.807) is 0 Å². The molecule has 0 bridgehead atoms. The number of nitrogens with zero attached hydrogens (tertiary/aromatic N) is 4. The van der Waals surface area contributed by atoms with Gasteiger partial charge in [-0.05, 0) is 38.8 Å². The van der Waals surface area contributed by atoms with Crippen molar-refractivity contribution in [2.45, 2.75) is 44.9 Å². The third-order valence-electron chi connectivity index (χ3n) is 4.54. The highest BCUT2D eigenvalue weighted by Crippen LogP contribution is 2.16. The lowest BCUT2D eigenvalue weighted by Gasteiger charge is -2.31. The SMILES string of the molecule is Cl.Cl.NCc1nc(CN2CCC(OCCN3CCCC3)CC2)no1. The van der Waals surface area contributed by atoms with Crippen LogP contribution in [0.4, 0.5) is 0 Å². The maximum atomic E-state index is 6.03. The Morgan fingerprint density at radius 2 is 1.79 bits per heavy atom. The predicted octanol–water partition coefficient (Wildman–Crippen LogP) is 1.45. The van der Waals surface area contributed by atoms with Crippen LogP contribution in [-0.2, 0) is 17.8 Å². The molecule has 0 saturated carbocycles. The van der Waals surface area contributed by atoms with E-state index in [9.17, 15) is 0 Å². The van der Waals surface area contributed by atoms with Crippen LogP contribution >= 0.6 is 24.8 Å². The van der Waals surface area contributed by atoms with Gasteiger partial charge in [-0.1, -0.05) is 5.16 Å². The summed E-state index contributed by atoms with van der Waals surface area (Å²) in [5.41, 5.74) is 5.48. The minimum atomic E-state index is 0. The van der Waals surface area contributed by atoms with Gasteiger partial charge < -0.3 is 19.9 Å². The molecule has 2 saturated heterocycles. The Bertz CT molecular complexity index is 449. The second-order valence-corrected chi connectivity index (χ2v) is 6.20. The highest BCUT2D eigenvalue weighted by molar-refractivity contribution is 5.85. The number of likely N-dealkylation sites (tertiary alicyclic amines) is 2. The molecular formula is C15H29Cl2N5O2. The van der Waals surface area contributed by atoms with Crippen molar-refractivity contribution in [2.75, 3.05) is 39.3 Å².